The maximum Gasteiger partial charge on any atom is 0.387 e. The van der Waals surface area contributed by atoms with E-state index in [1.807, 2.05) is 13.8 Å². The Kier molecular flexibility index (Phi) is 9.18. The van der Waals surface area contributed by atoms with E-state index in [4.69, 9.17) is 10.00 Å². The first kappa shape index (κ1) is 31.4. The van der Waals surface area contributed by atoms with Crippen molar-refractivity contribution < 1.29 is 23.1 Å². The zero-order valence-electron chi connectivity index (χ0n) is 25.3. The number of halogens is 2. The molecule has 6 rings (SSSR count). The number of hydrogen-bond acceptors (Lipinski definition) is 9. The topological polar surface area (TPSA) is 134 Å². The summed E-state index contributed by atoms with van der Waals surface area (Å²) >= 11 is 1.54. The van der Waals surface area contributed by atoms with Crippen LogP contribution in [-0.4, -0.2) is 90.1 Å². The number of piperidine rings is 1. The number of hydrogen-bond donors (Lipinski definition) is 1. The van der Waals surface area contributed by atoms with Gasteiger partial charge in [0, 0.05) is 66.5 Å². The lowest BCUT2D eigenvalue weighted by Gasteiger charge is -2.45. The summed E-state index contributed by atoms with van der Waals surface area (Å²) in [6.07, 6.45) is 7.75. The predicted molar refractivity (Wildman–Crippen MR) is 167 cm³/mol. The number of fused-ring (bicyclic) bond motifs is 1. The second-order valence-corrected chi connectivity index (χ2v) is 13.2. The number of carbonyl (C=O) groups is 2. The summed E-state index contributed by atoms with van der Waals surface area (Å²) in [6.45, 7) is 3.54. The Balaban J connectivity index is 1.28. The molecule has 1 N–H and O–H groups in total. The van der Waals surface area contributed by atoms with Crippen LogP contribution in [0.3, 0.4) is 0 Å². The smallest absolute Gasteiger partial charge is 0.387 e. The monoisotopic (exact) mass is 649 g/mol. The van der Waals surface area contributed by atoms with Gasteiger partial charge >= 0.3 is 6.61 Å². The van der Waals surface area contributed by atoms with Crippen molar-refractivity contribution in [2.24, 2.45) is 5.92 Å². The highest BCUT2D eigenvalue weighted by atomic mass is 32.2. The van der Waals surface area contributed by atoms with Crippen LogP contribution < -0.4 is 10.1 Å². The Morgan fingerprint density at radius 3 is 2.72 bits per heavy atom. The van der Waals surface area contributed by atoms with Crippen LogP contribution in [0.1, 0.15) is 37.0 Å². The van der Waals surface area contributed by atoms with Gasteiger partial charge in [-0.05, 0) is 37.1 Å². The third kappa shape index (κ3) is 6.82. The van der Waals surface area contributed by atoms with Crippen molar-refractivity contribution in [3.63, 3.8) is 0 Å². The number of aromatic nitrogens is 5. The van der Waals surface area contributed by atoms with Crippen molar-refractivity contribution in [3.05, 3.63) is 54.6 Å². The molecular formula is C31H33F2N9O3S. The maximum atomic E-state index is 13.5. The average Bonchev–Trinajstić information content (AvgIpc) is 3.61. The van der Waals surface area contributed by atoms with Crippen molar-refractivity contribution in [3.8, 4) is 23.1 Å². The van der Waals surface area contributed by atoms with Gasteiger partial charge in [0.05, 0.1) is 23.9 Å². The fourth-order valence-corrected chi connectivity index (χ4v) is 6.70. The molecule has 12 nitrogen and oxygen atoms in total. The number of nitrogens with one attached hydrogen (secondary N) is 1. The van der Waals surface area contributed by atoms with Crippen molar-refractivity contribution in [2.75, 3.05) is 31.5 Å². The van der Waals surface area contributed by atoms with Gasteiger partial charge in [0.2, 0.25) is 5.91 Å². The third-order valence-corrected chi connectivity index (χ3v) is 9.05. The fourth-order valence-electron chi connectivity index (χ4n) is 5.82. The van der Waals surface area contributed by atoms with Gasteiger partial charge in [0.1, 0.15) is 23.6 Å². The average molecular weight is 650 g/mol. The van der Waals surface area contributed by atoms with Gasteiger partial charge in [-0.2, -0.15) is 24.2 Å². The number of likely N-dealkylation sites (tertiary alicyclic amines) is 2. The summed E-state index contributed by atoms with van der Waals surface area (Å²) in [6, 6.07) is 9.18. The summed E-state index contributed by atoms with van der Waals surface area (Å²) < 4.78 is 34.7. The minimum Gasteiger partial charge on any atom is -0.434 e. The molecule has 240 valence electrons. The molecule has 3 aromatic heterocycles. The van der Waals surface area contributed by atoms with Crippen LogP contribution in [-0.2, 0) is 11.3 Å². The van der Waals surface area contributed by atoms with Gasteiger partial charge in [-0.25, -0.2) is 9.50 Å². The van der Waals surface area contributed by atoms with E-state index >= 15 is 0 Å². The first-order valence-corrected chi connectivity index (χ1v) is 15.9. The zero-order valence-corrected chi connectivity index (χ0v) is 26.2. The van der Waals surface area contributed by atoms with E-state index < -0.39 is 12.5 Å². The van der Waals surface area contributed by atoms with E-state index in [1.54, 1.807) is 35.5 Å². The molecule has 2 saturated heterocycles. The molecule has 0 radical (unpaired) electrons. The Morgan fingerprint density at radius 1 is 1.22 bits per heavy atom. The number of thioether (sulfide) groups is 1. The van der Waals surface area contributed by atoms with Crippen LogP contribution >= 0.6 is 11.8 Å². The molecule has 0 saturated carbocycles. The largest absolute Gasteiger partial charge is 0.434 e. The summed E-state index contributed by atoms with van der Waals surface area (Å²) in [5.74, 6) is -0.705. The molecule has 0 unspecified atom stereocenters. The molecule has 2 amide bonds. The first-order chi connectivity index (χ1) is 22.2. The Bertz CT molecular complexity index is 1770. The highest BCUT2D eigenvalue weighted by molar-refractivity contribution is 7.99. The molecule has 46 heavy (non-hydrogen) atoms. The quantitative estimate of drug-likeness (QED) is 0.248. The molecule has 0 atom stereocenters. The van der Waals surface area contributed by atoms with E-state index in [0.717, 1.165) is 30.8 Å². The molecule has 0 aliphatic carbocycles. The van der Waals surface area contributed by atoms with Crippen LogP contribution in [0, 0.1) is 17.2 Å². The lowest BCUT2D eigenvalue weighted by atomic mass is 9.94. The van der Waals surface area contributed by atoms with E-state index in [9.17, 15) is 18.4 Å². The molecule has 1 aromatic carbocycles. The summed E-state index contributed by atoms with van der Waals surface area (Å²) in [5.41, 5.74) is 1.18. The predicted octanol–water partition coefficient (Wildman–Crippen LogP) is 4.39. The van der Waals surface area contributed by atoms with Gasteiger partial charge in [-0.15, -0.1) is 11.8 Å². The summed E-state index contributed by atoms with van der Waals surface area (Å²) in [5, 5.41) is 20.9. The number of nitrogens with zero attached hydrogens (tertiary/aromatic N) is 8. The number of rotatable bonds is 10. The maximum absolute atomic E-state index is 13.5. The SMILES string of the molecule is CC(C)Sc1ccc(OC(F)F)c(-c2nn(CC(=O)N3CCC(N4CC(C#N)C4)CC3)cc2NC(=O)c2cnn3cccnc23)c1. The van der Waals surface area contributed by atoms with E-state index in [1.165, 1.54) is 39.4 Å². The van der Waals surface area contributed by atoms with Crippen molar-refractivity contribution in [2.45, 2.75) is 56.0 Å². The van der Waals surface area contributed by atoms with Gasteiger partial charge in [-0.3, -0.25) is 19.2 Å². The number of nitriles is 1. The second-order valence-electron chi connectivity index (χ2n) is 11.6. The number of ether oxygens (including phenoxy) is 1. The molecule has 4 aromatic rings. The highest BCUT2D eigenvalue weighted by Gasteiger charge is 2.35. The zero-order chi connectivity index (χ0) is 32.4. The van der Waals surface area contributed by atoms with Gasteiger partial charge in [-0.1, -0.05) is 13.8 Å². The minimum atomic E-state index is -3.08. The lowest BCUT2D eigenvalue weighted by Crippen LogP contribution is -2.55. The van der Waals surface area contributed by atoms with Gasteiger partial charge < -0.3 is 15.0 Å². The standard InChI is InChI=1S/C31H33F2N9O3S/c1-19(2)46-22-4-5-26(45-31(32)33)23(12-22)28-25(37-30(44)24-14-36-42-9-3-8-35-29(24)42)17-41(38-28)18-27(43)39-10-6-21(7-11-39)40-15-20(13-34)16-40/h3-5,8-9,12,14,17,19-21,31H,6-7,10-11,15-16,18H2,1-2H3,(H,37,44). The second kappa shape index (κ2) is 13.4. The van der Waals surface area contributed by atoms with Crippen LogP contribution in [0.15, 0.2) is 53.9 Å². The number of benzene rings is 1. The molecule has 5 heterocycles. The molecule has 0 spiro atoms. The fraction of sp³-hybridized carbons (Fsp3) is 0.419. The van der Waals surface area contributed by atoms with Gasteiger partial charge in [0.15, 0.2) is 5.65 Å². The van der Waals surface area contributed by atoms with E-state index in [0.29, 0.717) is 24.8 Å². The van der Waals surface area contributed by atoms with E-state index in [2.05, 4.69) is 31.5 Å². The third-order valence-electron chi connectivity index (χ3n) is 8.05. The van der Waals surface area contributed by atoms with Gasteiger partial charge in [0.25, 0.3) is 5.91 Å². The normalized spacial score (nSPS) is 16.2. The van der Waals surface area contributed by atoms with Crippen LogP contribution in [0.4, 0.5) is 14.5 Å². The summed E-state index contributed by atoms with van der Waals surface area (Å²) in [4.78, 5) is 36.0. The van der Waals surface area contributed by atoms with E-state index in [-0.39, 0.29) is 51.9 Å². The molecule has 15 heteroatoms. The number of alkyl halides is 2. The Hall–Kier alpha value is -4.55. The molecular weight excluding hydrogens is 616 g/mol. The van der Waals surface area contributed by atoms with Crippen molar-refractivity contribution in [1.82, 2.24) is 34.2 Å². The van der Waals surface area contributed by atoms with Crippen molar-refractivity contribution >= 4 is 34.9 Å². The number of anilines is 1. The van der Waals surface area contributed by atoms with Crippen LogP contribution in [0.25, 0.3) is 16.9 Å². The van der Waals surface area contributed by atoms with Crippen molar-refractivity contribution in [1.29, 1.82) is 5.26 Å². The Morgan fingerprint density at radius 2 is 2.00 bits per heavy atom. The molecule has 2 fully saturated rings. The minimum absolute atomic E-state index is 0.0868. The molecule has 2 aliphatic heterocycles. The summed E-state index contributed by atoms with van der Waals surface area (Å²) in [7, 11) is 0. The highest BCUT2D eigenvalue weighted by Crippen LogP contribution is 2.39. The lowest BCUT2D eigenvalue weighted by molar-refractivity contribution is -0.134. The number of amides is 2. The molecule has 2 aliphatic rings. The molecule has 0 bridgehead atoms. The Labute approximate surface area is 268 Å². The number of carbonyl (C=O) groups excluding carboxylic acids is 2. The van der Waals surface area contributed by atoms with Crippen LogP contribution in [0.2, 0.25) is 0 Å². The first-order valence-electron chi connectivity index (χ1n) is 15.0. The van der Waals surface area contributed by atoms with Crippen LogP contribution in [0.5, 0.6) is 5.75 Å².